The Labute approximate surface area is 171 Å². The molecule has 1 amide bonds. The van der Waals surface area contributed by atoms with Gasteiger partial charge >= 0.3 is 0 Å². The highest BCUT2D eigenvalue weighted by Crippen LogP contribution is 2.23. The number of aryl methyl sites for hydroxylation is 1. The molecule has 3 aromatic rings. The Morgan fingerprint density at radius 2 is 1.76 bits per heavy atom. The number of benzene rings is 2. The van der Waals surface area contributed by atoms with Gasteiger partial charge in [0, 0.05) is 37.6 Å². The molecule has 1 atom stereocenters. The maximum absolute atomic E-state index is 12.7. The predicted molar refractivity (Wildman–Crippen MR) is 115 cm³/mol. The number of carbonyl (C=O) groups is 1. The molecule has 29 heavy (non-hydrogen) atoms. The number of hydrogen-bond donors (Lipinski definition) is 1. The van der Waals surface area contributed by atoms with Gasteiger partial charge < -0.3 is 10.2 Å². The van der Waals surface area contributed by atoms with E-state index in [1.807, 2.05) is 42.7 Å². The molecule has 1 N–H and O–H groups in total. The second-order valence-corrected chi connectivity index (χ2v) is 7.63. The molecule has 1 aliphatic heterocycles. The van der Waals surface area contributed by atoms with E-state index in [2.05, 4.69) is 51.4 Å². The zero-order chi connectivity index (χ0) is 20.1. The lowest BCUT2D eigenvalue weighted by Gasteiger charge is -2.32. The van der Waals surface area contributed by atoms with Gasteiger partial charge in [-0.15, -0.1) is 0 Å². The molecule has 4 rings (SSSR count). The average Bonchev–Trinajstić information content (AvgIpc) is 2.79. The van der Waals surface area contributed by atoms with E-state index in [1.54, 1.807) is 0 Å². The van der Waals surface area contributed by atoms with Gasteiger partial charge in [0.15, 0.2) is 0 Å². The SMILES string of the molecule is Cc1ccc(CNC(=O)[C@H]2CCCN(c3ncc(-c4ccccc4)cn3)C2)cc1. The zero-order valence-corrected chi connectivity index (χ0v) is 16.7. The van der Waals surface area contributed by atoms with Crippen molar-refractivity contribution in [3.05, 3.63) is 78.1 Å². The van der Waals surface area contributed by atoms with Gasteiger partial charge in [-0.05, 0) is 30.9 Å². The number of rotatable bonds is 5. The van der Waals surface area contributed by atoms with Crippen molar-refractivity contribution in [1.82, 2.24) is 15.3 Å². The fraction of sp³-hybridized carbons (Fsp3) is 0.292. The molecule has 5 nitrogen and oxygen atoms in total. The van der Waals surface area contributed by atoms with Crippen LogP contribution >= 0.6 is 0 Å². The van der Waals surface area contributed by atoms with E-state index < -0.39 is 0 Å². The smallest absolute Gasteiger partial charge is 0.225 e. The molecule has 0 saturated carbocycles. The van der Waals surface area contributed by atoms with Crippen molar-refractivity contribution in [3.8, 4) is 11.1 Å². The summed E-state index contributed by atoms with van der Waals surface area (Å²) < 4.78 is 0. The number of nitrogens with one attached hydrogen (secondary N) is 1. The van der Waals surface area contributed by atoms with Crippen LogP contribution in [0.4, 0.5) is 5.95 Å². The quantitative estimate of drug-likeness (QED) is 0.720. The Kier molecular flexibility index (Phi) is 5.84. The van der Waals surface area contributed by atoms with E-state index in [4.69, 9.17) is 0 Å². The summed E-state index contributed by atoms with van der Waals surface area (Å²) in [4.78, 5) is 23.9. The van der Waals surface area contributed by atoms with Crippen LogP contribution in [0, 0.1) is 12.8 Å². The van der Waals surface area contributed by atoms with Gasteiger partial charge in [-0.25, -0.2) is 9.97 Å². The van der Waals surface area contributed by atoms with E-state index in [0.717, 1.165) is 36.1 Å². The van der Waals surface area contributed by atoms with Crippen LogP contribution < -0.4 is 10.2 Å². The summed E-state index contributed by atoms with van der Waals surface area (Å²) in [6, 6.07) is 18.4. The summed E-state index contributed by atoms with van der Waals surface area (Å²) in [7, 11) is 0. The van der Waals surface area contributed by atoms with Gasteiger partial charge in [0.1, 0.15) is 0 Å². The maximum atomic E-state index is 12.7. The first-order chi connectivity index (χ1) is 14.2. The van der Waals surface area contributed by atoms with Crippen LogP contribution in [0.1, 0.15) is 24.0 Å². The Morgan fingerprint density at radius 3 is 2.48 bits per heavy atom. The topological polar surface area (TPSA) is 58.1 Å². The largest absolute Gasteiger partial charge is 0.352 e. The van der Waals surface area contributed by atoms with Crippen LogP contribution in [0.2, 0.25) is 0 Å². The fourth-order valence-corrected chi connectivity index (χ4v) is 3.68. The van der Waals surface area contributed by atoms with Crippen LogP contribution in [0.3, 0.4) is 0 Å². The minimum absolute atomic E-state index is 0.0356. The first kappa shape index (κ1) is 19.1. The molecule has 5 heteroatoms. The maximum Gasteiger partial charge on any atom is 0.225 e. The number of aromatic nitrogens is 2. The number of anilines is 1. The van der Waals surface area contributed by atoms with Crippen LogP contribution in [0.5, 0.6) is 0 Å². The lowest BCUT2D eigenvalue weighted by molar-refractivity contribution is -0.125. The third-order valence-electron chi connectivity index (χ3n) is 5.41. The van der Waals surface area contributed by atoms with Crippen molar-refractivity contribution in [2.75, 3.05) is 18.0 Å². The molecule has 0 unspecified atom stereocenters. The Balaban J connectivity index is 1.36. The molecule has 148 valence electrons. The van der Waals surface area contributed by atoms with Crippen molar-refractivity contribution >= 4 is 11.9 Å². The van der Waals surface area contributed by atoms with Crippen molar-refractivity contribution in [2.24, 2.45) is 5.92 Å². The highest BCUT2D eigenvalue weighted by atomic mass is 16.1. The summed E-state index contributed by atoms with van der Waals surface area (Å²) in [5, 5.41) is 3.08. The lowest BCUT2D eigenvalue weighted by Crippen LogP contribution is -2.43. The highest BCUT2D eigenvalue weighted by Gasteiger charge is 2.27. The van der Waals surface area contributed by atoms with E-state index in [9.17, 15) is 4.79 Å². The average molecular weight is 386 g/mol. The first-order valence-electron chi connectivity index (χ1n) is 10.1. The lowest BCUT2D eigenvalue weighted by atomic mass is 9.97. The van der Waals surface area contributed by atoms with Gasteiger partial charge in [0.2, 0.25) is 11.9 Å². The molecular weight excluding hydrogens is 360 g/mol. The second kappa shape index (κ2) is 8.86. The molecule has 1 aliphatic rings. The normalized spacial score (nSPS) is 16.4. The van der Waals surface area contributed by atoms with Crippen LogP contribution in [0.25, 0.3) is 11.1 Å². The summed E-state index contributed by atoms with van der Waals surface area (Å²) in [5.74, 6) is 0.767. The Hall–Kier alpha value is -3.21. The third-order valence-corrected chi connectivity index (χ3v) is 5.41. The predicted octanol–water partition coefficient (Wildman–Crippen LogP) is 3.98. The van der Waals surface area contributed by atoms with Gasteiger partial charge in [-0.3, -0.25) is 4.79 Å². The minimum atomic E-state index is -0.0356. The van der Waals surface area contributed by atoms with E-state index >= 15 is 0 Å². The number of hydrogen-bond acceptors (Lipinski definition) is 4. The van der Waals surface area contributed by atoms with E-state index in [0.29, 0.717) is 19.0 Å². The molecule has 0 aliphatic carbocycles. The molecule has 1 fully saturated rings. The molecule has 0 spiro atoms. The Bertz CT molecular complexity index is 939. The van der Waals surface area contributed by atoms with E-state index in [-0.39, 0.29) is 11.8 Å². The van der Waals surface area contributed by atoms with Crippen molar-refractivity contribution < 1.29 is 4.79 Å². The molecule has 2 aromatic carbocycles. The number of carbonyl (C=O) groups excluding carboxylic acids is 1. The summed E-state index contributed by atoms with van der Waals surface area (Å²) in [6.45, 7) is 4.17. The monoisotopic (exact) mass is 386 g/mol. The summed E-state index contributed by atoms with van der Waals surface area (Å²) in [6.07, 6.45) is 5.59. The summed E-state index contributed by atoms with van der Waals surface area (Å²) >= 11 is 0. The van der Waals surface area contributed by atoms with Crippen molar-refractivity contribution in [1.29, 1.82) is 0 Å². The second-order valence-electron chi connectivity index (χ2n) is 7.63. The van der Waals surface area contributed by atoms with Crippen LogP contribution in [-0.2, 0) is 11.3 Å². The zero-order valence-electron chi connectivity index (χ0n) is 16.7. The van der Waals surface area contributed by atoms with Gasteiger partial charge in [0.05, 0.1) is 5.92 Å². The van der Waals surface area contributed by atoms with Crippen molar-refractivity contribution in [2.45, 2.75) is 26.3 Å². The molecule has 1 aromatic heterocycles. The Morgan fingerprint density at radius 1 is 1.03 bits per heavy atom. The molecule has 0 radical (unpaired) electrons. The van der Waals surface area contributed by atoms with Crippen LogP contribution in [0.15, 0.2) is 67.0 Å². The van der Waals surface area contributed by atoms with Crippen molar-refractivity contribution in [3.63, 3.8) is 0 Å². The molecular formula is C24H26N4O. The molecule has 0 bridgehead atoms. The summed E-state index contributed by atoms with van der Waals surface area (Å²) in [5.41, 5.74) is 4.45. The van der Waals surface area contributed by atoms with Gasteiger partial charge in [0.25, 0.3) is 0 Å². The van der Waals surface area contributed by atoms with E-state index in [1.165, 1.54) is 5.56 Å². The third kappa shape index (κ3) is 4.80. The highest BCUT2D eigenvalue weighted by molar-refractivity contribution is 5.79. The fourth-order valence-electron chi connectivity index (χ4n) is 3.68. The first-order valence-corrected chi connectivity index (χ1v) is 10.1. The number of piperidine rings is 1. The number of nitrogens with zero attached hydrogens (tertiary/aromatic N) is 3. The van der Waals surface area contributed by atoms with Crippen LogP contribution in [-0.4, -0.2) is 29.0 Å². The minimum Gasteiger partial charge on any atom is -0.352 e. The standard InChI is InChI=1S/C24H26N4O/c1-18-9-11-19(12-10-18)14-25-23(29)21-8-5-13-28(17-21)24-26-15-22(16-27-24)20-6-3-2-4-7-20/h2-4,6-7,9-12,15-16,21H,5,8,13-14,17H2,1H3,(H,25,29)/t21-/m0/s1. The molecule has 1 saturated heterocycles. The van der Waals surface area contributed by atoms with Gasteiger partial charge in [-0.1, -0.05) is 60.2 Å². The number of amides is 1. The molecule has 2 heterocycles. The van der Waals surface area contributed by atoms with Gasteiger partial charge in [-0.2, -0.15) is 0 Å².